The zero-order valence-corrected chi connectivity index (χ0v) is 12.2. The summed E-state index contributed by atoms with van der Waals surface area (Å²) >= 11 is 0. The third-order valence-corrected chi connectivity index (χ3v) is 4.71. The Morgan fingerprint density at radius 1 is 1.32 bits per heavy atom. The van der Waals surface area contributed by atoms with E-state index in [1.807, 2.05) is 0 Å². The minimum Gasteiger partial charge on any atom is -0.312 e. The van der Waals surface area contributed by atoms with E-state index >= 15 is 0 Å². The molecular formula is C14H22N2O2S. The number of hydrogen-bond acceptors (Lipinski definition) is 3. The summed E-state index contributed by atoms with van der Waals surface area (Å²) in [6.45, 7) is 3.44. The van der Waals surface area contributed by atoms with Gasteiger partial charge < -0.3 is 5.32 Å². The van der Waals surface area contributed by atoms with Crippen LogP contribution in [0, 0.1) is 0 Å². The van der Waals surface area contributed by atoms with Gasteiger partial charge in [0.2, 0.25) is 10.0 Å². The van der Waals surface area contributed by atoms with E-state index in [0.717, 1.165) is 12.5 Å². The number of nitrogens with one attached hydrogen (secondary N) is 2. The Morgan fingerprint density at radius 3 is 2.79 bits per heavy atom. The third kappa shape index (κ3) is 4.93. The highest BCUT2D eigenvalue weighted by Gasteiger charge is 2.23. The van der Waals surface area contributed by atoms with Crippen LogP contribution in [0.4, 0.5) is 0 Å². The van der Waals surface area contributed by atoms with Crippen LogP contribution in [0.2, 0.25) is 0 Å². The van der Waals surface area contributed by atoms with Crippen LogP contribution >= 0.6 is 0 Å². The highest BCUT2D eigenvalue weighted by Crippen LogP contribution is 2.40. The standard InChI is InChI=1S/C14H22N2O2S/c1-2-16-19(17,18)9-8-15-11-12-4-3-5-14(10-12)13-6-7-13/h3-5,10,13,15-16H,2,6-9,11H2,1H3. The number of hydrogen-bond donors (Lipinski definition) is 2. The second kappa shape index (κ2) is 6.50. The quantitative estimate of drug-likeness (QED) is 0.712. The molecule has 5 heteroatoms. The van der Waals surface area contributed by atoms with Crippen molar-refractivity contribution in [1.29, 1.82) is 0 Å². The summed E-state index contributed by atoms with van der Waals surface area (Å²) in [5, 5.41) is 3.18. The molecule has 0 amide bonds. The van der Waals surface area contributed by atoms with Crippen molar-refractivity contribution in [2.45, 2.75) is 32.2 Å². The van der Waals surface area contributed by atoms with E-state index in [0.29, 0.717) is 13.1 Å². The number of benzene rings is 1. The van der Waals surface area contributed by atoms with Crippen molar-refractivity contribution in [3.63, 3.8) is 0 Å². The molecule has 0 aliphatic heterocycles. The molecule has 2 rings (SSSR count). The molecule has 1 aliphatic carbocycles. The van der Waals surface area contributed by atoms with E-state index in [4.69, 9.17) is 0 Å². The van der Waals surface area contributed by atoms with Gasteiger partial charge in [-0.2, -0.15) is 0 Å². The zero-order valence-electron chi connectivity index (χ0n) is 11.4. The molecule has 106 valence electrons. The molecule has 0 spiro atoms. The maximum absolute atomic E-state index is 11.4. The Labute approximate surface area is 115 Å². The Bertz CT molecular complexity index is 510. The van der Waals surface area contributed by atoms with Gasteiger partial charge in [0, 0.05) is 19.6 Å². The van der Waals surface area contributed by atoms with Gasteiger partial charge in [0.15, 0.2) is 0 Å². The largest absolute Gasteiger partial charge is 0.312 e. The Hall–Kier alpha value is -0.910. The van der Waals surface area contributed by atoms with Crippen LogP contribution in [0.1, 0.15) is 36.8 Å². The van der Waals surface area contributed by atoms with Gasteiger partial charge in [0.1, 0.15) is 0 Å². The van der Waals surface area contributed by atoms with Crippen LogP contribution in [-0.2, 0) is 16.6 Å². The van der Waals surface area contributed by atoms with Gasteiger partial charge >= 0.3 is 0 Å². The molecule has 0 radical (unpaired) electrons. The molecule has 1 fully saturated rings. The average Bonchev–Trinajstić information content (AvgIpc) is 3.19. The molecule has 1 aromatic rings. The molecule has 0 bridgehead atoms. The fourth-order valence-corrected chi connectivity index (χ4v) is 3.10. The predicted molar refractivity (Wildman–Crippen MR) is 77.6 cm³/mol. The van der Waals surface area contributed by atoms with Crippen molar-refractivity contribution in [3.05, 3.63) is 35.4 Å². The monoisotopic (exact) mass is 282 g/mol. The molecule has 0 saturated heterocycles. The van der Waals surface area contributed by atoms with Crippen LogP contribution in [0.15, 0.2) is 24.3 Å². The summed E-state index contributed by atoms with van der Waals surface area (Å²) in [4.78, 5) is 0. The van der Waals surface area contributed by atoms with Crippen LogP contribution in [-0.4, -0.2) is 27.3 Å². The Kier molecular flexibility index (Phi) is 4.96. The fourth-order valence-electron chi connectivity index (χ4n) is 2.11. The predicted octanol–water partition coefficient (Wildman–Crippen LogP) is 1.59. The molecule has 1 aliphatic rings. The first kappa shape index (κ1) is 14.5. The molecule has 1 saturated carbocycles. The lowest BCUT2D eigenvalue weighted by Crippen LogP contribution is -2.31. The van der Waals surface area contributed by atoms with E-state index < -0.39 is 10.0 Å². The van der Waals surface area contributed by atoms with Crippen molar-refractivity contribution >= 4 is 10.0 Å². The SMILES string of the molecule is CCNS(=O)(=O)CCNCc1cccc(C2CC2)c1. The molecule has 19 heavy (non-hydrogen) atoms. The summed E-state index contributed by atoms with van der Waals surface area (Å²) in [5.74, 6) is 0.887. The first-order chi connectivity index (χ1) is 9.11. The minimum atomic E-state index is -3.11. The molecule has 0 unspecified atom stereocenters. The molecule has 0 atom stereocenters. The second-order valence-corrected chi connectivity index (χ2v) is 6.94. The van der Waals surface area contributed by atoms with E-state index in [9.17, 15) is 8.42 Å². The zero-order chi connectivity index (χ0) is 13.7. The lowest BCUT2D eigenvalue weighted by molar-refractivity contribution is 0.578. The summed E-state index contributed by atoms with van der Waals surface area (Å²) in [6.07, 6.45) is 2.61. The maximum atomic E-state index is 11.4. The summed E-state index contributed by atoms with van der Waals surface area (Å²) in [7, 11) is -3.11. The van der Waals surface area contributed by atoms with Crippen LogP contribution in [0.3, 0.4) is 0 Å². The van der Waals surface area contributed by atoms with Crippen LogP contribution in [0.25, 0.3) is 0 Å². The van der Waals surface area contributed by atoms with Crippen molar-refractivity contribution in [2.24, 2.45) is 0 Å². The third-order valence-electron chi connectivity index (χ3n) is 3.24. The lowest BCUT2D eigenvalue weighted by Gasteiger charge is -2.07. The minimum absolute atomic E-state index is 0.128. The first-order valence-corrected chi connectivity index (χ1v) is 8.53. The van der Waals surface area contributed by atoms with Crippen LogP contribution < -0.4 is 10.0 Å². The van der Waals surface area contributed by atoms with Gasteiger partial charge in [-0.05, 0) is 29.9 Å². The molecular weight excluding hydrogens is 260 g/mol. The highest BCUT2D eigenvalue weighted by molar-refractivity contribution is 7.89. The van der Waals surface area contributed by atoms with E-state index in [-0.39, 0.29) is 5.75 Å². The Balaban J connectivity index is 1.75. The number of rotatable bonds is 8. The molecule has 1 aromatic carbocycles. The fraction of sp³-hybridized carbons (Fsp3) is 0.571. The van der Waals surface area contributed by atoms with Crippen molar-refractivity contribution in [1.82, 2.24) is 10.0 Å². The smallest absolute Gasteiger partial charge is 0.212 e. The Morgan fingerprint density at radius 2 is 2.11 bits per heavy atom. The molecule has 2 N–H and O–H groups in total. The summed E-state index contributed by atoms with van der Waals surface area (Å²) < 4.78 is 25.4. The summed E-state index contributed by atoms with van der Waals surface area (Å²) in [6, 6.07) is 8.57. The first-order valence-electron chi connectivity index (χ1n) is 6.87. The number of sulfonamides is 1. The maximum Gasteiger partial charge on any atom is 0.212 e. The van der Waals surface area contributed by atoms with Gasteiger partial charge in [-0.25, -0.2) is 13.1 Å². The molecule has 4 nitrogen and oxygen atoms in total. The molecule has 0 aromatic heterocycles. The van der Waals surface area contributed by atoms with Gasteiger partial charge in [0.25, 0.3) is 0 Å². The van der Waals surface area contributed by atoms with Gasteiger partial charge in [0.05, 0.1) is 5.75 Å². The highest BCUT2D eigenvalue weighted by atomic mass is 32.2. The lowest BCUT2D eigenvalue weighted by atomic mass is 10.1. The van der Waals surface area contributed by atoms with Crippen molar-refractivity contribution < 1.29 is 8.42 Å². The normalized spacial score (nSPS) is 15.6. The van der Waals surface area contributed by atoms with E-state index in [1.165, 1.54) is 24.0 Å². The van der Waals surface area contributed by atoms with Gasteiger partial charge in [-0.15, -0.1) is 0 Å². The topological polar surface area (TPSA) is 58.2 Å². The van der Waals surface area contributed by atoms with E-state index in [1.54, 1.807) is 6.92 Å². The van der Waals surface area contributed by atoms with Crippen molar-refractivity contribution in [2.75, 3.05) is 18.8 Å². The summed E-state index contributed by atoms with van der Waals surface area (Å²) in [5.41, 5.74) is 2.64. The second-order valence-electron chi connectivity index (χ2n) is 5.01. The van der Waals surface area contributed by atoms with E-state index in [2.05, 4.69) is 34.3 Å². The average molecular weight is 282 g/mol. The van der Waals surface area contributed by atoms with Crippen LogP contribution in [0.5, 0.6) is 0 Å². The molecule has 0 heterocycles. The van der Waals surface area contributed by atoms with Crippen molar-refractivity contribution in [3.8, 4) is 0 Å². The van der Waals surface area contributed by atoms with Gasteiger partial charge in [-0.1, -0.05) is 31.2 Å². The van der Waals surface area contributed by atoms with Gasteiger partial charge in [-0.3, -0.25) is 0 Å².